The minimum Gasteiger partial charge on any atom is -0.455 e. The van der Waals surface area contributed by atoms with Crippen LogP contribution >= 0.6 is 22.7 Å². The Kier molecular flexibility index (Phi) is 5.99. The van der Waals surface area contributed by atoms with Crippen LogP contribution in [0.1, 0.15) is 32.9 Å². The average Bonchev–Trinajstić information content (AvgIpc) is 3.28. The van der Waals surface area contributed by atoms with E-state index < -0.39 is 23.6 Å². The van der Waals surface area contributed by atoms with E-state index >= 15 is 0 Å². The highest BCUT2D eigenvalue weighted by molar-refractivity contribution is 7.14. The van der Waals surface area contributed by atoms with E-state index in [0.717, 1.165) is 33.4 Å². The molecule has 0 aliphatic carbocycles. The van der Waals surface area contributed by atoms with Crippen molar-refractivity contribution < 1.29 is 27.5 Å². The number of carbonyl (C=O) groups excluding carboxylic acids is 2. The smallest absolute Gasteiger partial charge is 0.416 e. The molecule has 0 radical (unpaired) electrons. The monoisotopic (exact) mass is 441 g/mol. The first-order chi connectivity index (χ1) is 13.6. The highest BCUT2D eigenvalue weighted by Crippen LogP contribution is 2.35. The number of ether oxygens (including phenoxy) is 1. The number of aromatic nitrogens is 2. The molecule has 2 heterocycles. The van der Waals surface area contributed by atoms with E-state index in [4.69, 9.17) is 4.74 Å². The number of hydrogen-bond donors (Lipinski definition) is 0. The second-order valence-electron chi connectivity index (χ2n) is 5.84. The lowest BCUT2D eigenvalue weighted by atomic mass is 10.2. The van der Waals surface area contributed by atoms with Gasteiger partial charge in [-0.25, -0.2) is 14.8 Å². The lowest BCUT2D eigenvalue weighted by molar-refractivity contribution is -0.137. The Hall–Kier alpha value is -2.79. The number of thiazole rings is 2. The molecular formula is C18H14F3N3O3S2. The highest BCUT2D eigenvalue weighted by atomic mass is 32.1. The normalized spacial score (nSPS) is 11.3. The van der Waals surface area contributed by atoms with Gasteiger partial charge in [0.05, 0.1) is 28.1 Å². The van der Waals surface area contributed by atoms with Gasteiger partial charge in [0.15, 0.2) is 5.13 Å². The summed E-state index contributed by atoms with van der Waals surface area (Å²) in [6.45, 7) is 2.85. The molecule has 0 saturated heterocycles. The molecule has 152 valence electrons. The van der Waals surface area contributed by atoms with Crippen LogP contribution in [0.3, 0.4) is 0 Å². The molecule has 0 saturated carbocycles. The van der Waals surface area contributed by atoms with Crippen LogP contribution in [-0.2, 0) is 22.3 Å². The summed E-state index contributed by atoms with van der Waals surface area (Å²) in [5, 5.41) is 2.48. The van der Waals surface area contributed by atoms with Crippen LogP contribution in [0.5, 0.6) is 0 Å². The maximum absolute atomic E-state index is 13.0. The minimum absolute atomic E-state index is 0.0466. The molecule has 3 rings (SSSR count). The van der Waals surface area contributed by atoms with Crippen LogP contribution < -0.4 is 4.90 Å². The molecule has 0 aliphatic heterocycles. The number of rotatable bonds is 5. The molecule has 11 heteroatoms. The summed E-state index contributed by atoms with van der Waals surface area (Å²) in [6, 6.07) is 4.43. The Bertz CT molecular complexity index is 1050. The number of esters is 1. The van der Waals surface area contributed by atoms with Gasteiger partial charge < -0.3 is 4.74 Å². The second kappa shape index (κ2) is 8.29. The lowest BCUT2D eigenvalue weighted by Crippen LogP contribution is -2.23. The third-order valence-electron chi connectivity index (χ3n) is 3.65. The van der Waals surface area contributed by atoms with Gasteiger partial charge in [-0.15, -0.1) is 22.7 Å². The molecule has 0 unspecified atom stereocenters. The van der Waals surface area contributed by atoms with Crippen LogP contribution in [0.25, 0.3) is 0 Å². The summed E-state index contributed by atoms with van der Waals surface area (Å²) in [6.07, 6.45) is -3.12. The average molecular weight is 441 g/mol. The summed E-state index contributed by atoms with van der Waals surface area (Å²) in [7, 11) is 0. The molecule has 2 aromatic heterocycles. The van der Waals surface area contributed by atoms with Crippen molar-refractivity contribution >= 4 is 45.4 Å². The number of alkyl halides is 3. The van der Waals surface area contributed by atoms with Crippen molar-refractivity contribution in [2.45, 2.75) is 26.6 Å². The number of carbonyl (C=O) groups is 2. The number of nitrogens with zero attached hydrogens (tertiary/aromatic N) is 3. The van der Waals surface area contributed by atoms with Crippen LogP contribution in [0.2, 0.25) is 0 Å². The first kappa shape index (κ1) is 20.9. The minimum atomic E-state index is -4.53. The van der Waals surface area contributed by atoms with Gasteiger partial charge in [-0.1, -0.05) is 6.07 Å². The van der Waals surface area contributed by atoms with Crippen molar-refractivity contribution in [1.82, 2.24) is 9.97 Å². The van der Waals surface area contributed by atoms with E-state index in [9.17, 15) is 22.8 Å². The van der Waals surface area contributed by atoms with Crippen molar-refractivity contribution in [2.75, 3.05) is 4.90 Å². The van der Waals surface area contributed by atoms with Crippen LogP contribution in [0.15, 0.2) is 35.8 Å². The zero-order chi connectivity index (χ0) is 21.2. The number of benzene rings is 1. The molecule has 1 amide bonds. The number of hydrogen-bond acceptors (Lipinski definition) is 7. The van der Waals surface area contributed by atoms with E-state index in [-0.39, 0.29) is 17.4 Å². The number of anilines is 2. The third kappa shape index (κ3) is 4.98. The van der Waals surface area contributed by atoms with Crippen molar-refractivity contribution in [2.24, 2.45) is 0 Å². The fourth-order valence-corrected chi connectivity index (χ4v) is 3.92. The predicted octanol–water partition coefficient (Wildman–Crippen LogP) is 4.97. The summed E-state index contributed by atoms with van der Waals surface area (Å²) < 4.78 is 44.1. The van der Waals surface area contributed by atoms with Crippen LogP contribution in [0.4, 0.5) is 24.0 Å². The van der Waals surface area contributed by atoms with Gasteiger partial charge in [0.1, 0.15) is 11.5 Å². The fraction of sp³-hybridized carbons (Fsp3) is 0.222. The van der Waals surface area contributed by atoms with Crippen molar-refractivity contribution in [1.29, 1.82) is 0 Å². The Morgan fingerprint density at radius 1 is 1.28 bits per heavy atom. The van der Waals surface area contributed by atoms with E-state index in [0.29, 0.717) is 10.6 Å². The molecule has 3 aromatic rings. The Labute approximate surface area is 171 Å². The molecule has 1 aromatic carbocycles. The molecule has 0 spiro atoms. The summed E-state index contributed by atoms with van der Waals surface area (Å²) in [5.74, 6) is -1.05. The van der Waals surface area contributed by atoms with Gasteiger partial charge >= 0.3 is 12.1 Å². The molecule has 0 fully saturated rings. The Balaban J connectivity index is 1.77. The van der Waals surface area contributed by atoms with E-state index in [1.165, 1.54) is 36.6 Å². The molecule has 0 bridgehead atoms. The molecule has 6 nitrogen and oxygen atoms in total. The van der Waals surface area contributed by atoms with Crippen LogP contribution in [0, 0.1) is 6.92 Å². The maximum Gasteiger partial charge on any atom is 0.416 e. The SMILES string of the molecule is CC(=O)N(c1cccc(C(F)(F)F)c1)c1nc(COC(=O)c2cnc(C)s2)cs1. The molecular weight excluding hydrogens is 427 g/mol. The first-order valence-electron chi connectivity index (χ1n) is 8.17. The molecule has 0 N–H and O–H groups in total. The predicted molar refractivity (Wildman–Crippen MR) is 102 cm³/mol. The Morgan fingerprint density at radius 2 is 2.03 bits per heavy atom. The van der Waals surface area contributed by atoms with Crippen molar-refractivity contribution in [3.8, 4) is 0 Å². The molecule has 0 aliphatic rings. The van der Waals surface area contributed by atoms with Gasteiger partial charge in [0, 0.05) is 12.3 Å². The Morgan fingerprint density at radius 3 is 2.66 bits per heavy atom. The number of aryl methyl sites for hydroxylation is 1. The van der Waals surface area contributed by atoms with Gasteiger partial charge in [0.2, 0.25) is 5.91 Å². The fourth-order valence-electron chi connectivity index (χ4n) is 2.38. The van der Waals surface area contributed by atoms with Gasteiger partial charge in [0.25, 0.3) is 0 Å². The molecule has 29 heavy (non-hydrogen) atoms. The van der Waals surface area contributed by atoms with Gasteiger partial charge in [-0.3, -0.25) is 9.69 Å². The zero-order valence-electron chi connectivity index (χ0n) is 15.2. The lowest BCUT2D eigenvalue weighted by Gasteiger charge is -2.19. The third-order valence-corrected chi connectivity index (χ3v) is 5.42. The van der Waals surface area contributed by atoms with E-state index in [1.54, 1.807) is 12.3 Å². The zero-order valence-corrected chi connectivity index (χ0v) is 16.8. The first-order valence-corrected chi connectivity index (χ1v) is 9.86. The van der Waals surface area contributed by atoms with Gasteiger partial charge in [-0.2, -0.15) is 13.2 Å². The second-order valence-corrected chi connectivity index (χ2v) is 7.91. The summed E-state index contributed by atoms with van der Waals surface area (Å²) >= 11 is 2.25. The van der Waals surface area contributed by atoms with Crippen LogP contribution in [-0.4, -0.2) is 21.8 Å². The quantitative estimate of drug-likeness (QED) is 0.523. The topological polar surface area (TPSA) is 72.4 Å². The summed E-state index contributed by atoms with van der Waals surface area (Å²) in [4.78, 5) is 33.7. The van der Waals surface area contributed by atoms with Gasteiger partial charge in [-0.05, 0) is 25.1 Å². The summed E-state index contributed by atoms with van der Waals surface area (Å²) in [5.41, 5.74) is -0.449. The maximum atomic E-state index is 13.0. The standard InChI is InChI=1S/C18H14F3N3O3S2/c1-10-22-7-15(29-10)16(26)27-8-13-9-28-17(23-13)24(11(2)25)14-5-3-4-12(6-14)18(19,20)21/h3-7,9H,8H2,1-2H3. The molecule has 0 atom stereocenters. The van der Waals surface area contributed by atoms with E-state index in [1.807, 2.05) is 0 Å². The number of amides is 1. The number of halogens is 3. The van der Waals surface area contributed by atoms with Crippen molar-refractivity contribution in [3.63, 3.8) is 0 Å². The van der Waals surface area contributed by atoms with E-state index in [2.05, 4.69) is 9.97 Å². The highest BCUT2D eigenvalue weighted by Gasteiger charge is 2.31. The van der Waals surface area contributed by atoms with Crippen molar-refractivity contribution in [3.05, 3.63) is 57.0 Å². The largest absolute Gasteiger partial charge is 0.455 e.